The fourth-order valence-electron chi connectivity index (χ4n) is 1.66. The SMILES string of the molecule is Cc1ncc(C(N)c2ccc(F)cc2C)s1. The number of rotatable bonds is 2. The van der Waals surface area contributed by atoms with Crippen LogP contribution in [0.3, 0.4) is 0 Å². The molecule has 4 heteroatoms. The second-order valence-corrected chi connectivity index (χ2v) is 5.03. The minimum absolute atomic E-state index is 0.216. The zero-order chi connectivity index (χ0) is 11.7. The number of nitrogens with two attached hydrogens (primary N) is 1. The Hall–Kier alpha value is -1.26. The Labute approximate surface area is 97.9 Å². The van der Waals surface area contributed by atoms with E-state index >= 15 is 0 Å². The van der Waals surface area contributed by atoms with Crippen molar-refractivity contribution in [1.82, 2.24) is 4.98 Å². The molecular formula is C12H13FN2S. The second-order valence-electron chi connectivity index (χ2n) is 3.76. The van der Waals surface area contributed by atoms with E-state index in [4.69, 9.17) is 5.73 Å². The monoisotopic (exact) mass is 236 g/mol. The molecule has 2 rings (SSSR count). The Morgan fingerprint density at radius 1 is 1.38 bits per heavy atom. The van der Waals surface area contributed by atoms with E-state index in [-0.39, 0.29) is 11.9 Å². The summed E-state index contributed by atoms with van der Waals surface area (Å²) in [6.45, 7) is 3.81. The van der Waals surface area contributed by atoms with Crippen LogP contribution in [0.4, 0.5) is 4.39 Å². The highest BCUT2D eigenvalue weighted by Gasteiger charge is 2.14. The molecule has 0 aliphatic carbocycles. The van der Waals surface area contributed by atoms with Gasteiger partial charge in [0.05, 0.1) is 11.0 Å². The van der Waals surface area contributed by atoms with Gasteiger partial charge < -0.3 is 5.73 Å². The first kappa shape index (κ1) is 11.2. The van der Waals surface area contributed by atoms with Crippen LogP contribution in [0.5, 0.6) is 0 Å². The summed E-state index contributed by atoms with van der Waals surface area (Å²) in [5, 5.41) is 0.991. The van der Waals surface area contributed by atoms with E-state index in [1.165, 1.54) is 12.1 Å². The van der Waals surface area contributed by atoms with Crippen LogP contribution in [-0.4, -0.2) is 4.98 Å². The predicted molar refractivity (Wildman–Crippen MR) is 64.0 cm³/mol. The third-order valence-electron chi connectivity index (χ3n) is 2.51. The van der Waals surface area contributed by atoms with Gasteiger partial charge in [-0.15, -0.1) is 11.3 Å². The van der Waals surface area contributed by atoms with Gasteiger partial charge in [0.25, 0.3) is 0 Å². The summed E-state index contributed by atoms with van der Waals surface area (Å²) in [7, 11) is 0. The van der Waals surface area contributed by atoms with E-state index in [2.05, 4.69) is 4.98 Å². The third kappa shape index (κ3) is 2.13. The molecule has 0 fully saturated rings. The Kier molecular flexibility index (Phi) is 3.03. The first-order chi connectivity index (χ1) is 7.58. The van der Waals surface area contributed by atoms with Gasteiger partial charge in [-0.05, 0) is 37.1 Å². The minimum Gasteiger partial charge on any atom is -0.320 e. The van der Waals surface area contributed by atoms with Crippen molar-refractivity contribution < 1.29 is 4.39 Å². The number of nitrogens with zero attached hydrogens (tertiary/aromatic N) is 1. The zero-order valence-electron chi connectivity index (χ0n) is 9.20. The van der Waals surface area contributed by atoms with E-state index in [9.17, 15) is 4.39 Å². The first-order valence-electron chi connectivity index (χ1n) is 5.02. The first-order valence-corrected chi connectivity index (χ1v) is 5.83. The van der Waals surface area contributed by atoms with Crippen molar-refractivity contribution >= 4 is 11.3 Å². The molecule has 2 aromatic rings. The summed E-state index contributed by atoms with van der Waals surface area (Å²) in [5.74, 6) is -0.228. The smallest absolute Gasteiger partial charge is 0.123 e. The maximum absolute atomic E-state index is 13.0. The van der Waals surface area contributed by atoms with Gasteiger partial charge in [0.15, 0.2) is 0 Å². The van der Waals surface area contributed by atoms with Gasteiger partial charge in [-0.25, -0.2) is 9.37 Å². The summed E-state index contributed by atoms with van der Waals surface area (Å²) in [6.07, 6.45) is 1.79. The van der Waals surface area contributed by atoms with Crippen LogP contribution in [0.2, 0.25) is 0 Å². The van der Waals surface area contributed by atoms with Crippen LogP contribution in [-0.2, 0) is 0 Å². The Balaban J connectivity index is 2.37. The number of aryl methyl sites for hydroxylation is 2. The molecule has 84 valence electrons. The van der Waals surface area contributed by atoms with Gasteiger partial charge in [0, 0.05) is 11.1 Å². The molecule has 2 N–H and O–H groups in total. The molecule has 1 heterocycles. The third-order valence-corrected chi connectivity index (χ3v) is 3.51. The highest BCUT2D eigenvalue weighted by molar-refractivity contribution is 7.11. The Morgan fingerprint density at radius 3 is 2.69 bits per heavy atom. The molecule has 0 aliphatic heterocycles. The zero-order valence-corrected chi connectivity index (χ0v) is 10.0. The molecule has 0 amide bonds. The number of hydrogen-bond donors (Lipinski definition) is 1. The van der Waals surface area contributed by atoms with Crippen LogP contribution >= 0.6 is 11.3 Å². The highest BCUT2D eigenvalue weighted by atomic mass is 32.1. The van der Waals surface area contributed by atoms with E-state index in [1.807, 2.05) is 13.8 Å². The van der Waals surface area contributed by atoms with Crippen LogP contribution in [0.15, 0.2) is 24.4 Å². The molecule has 0 spiro atoms. The lowest BCUT2D eigenvalue weighted by molar-refractivity contribution is 0.625. The summed E-state index contributed by atoms with van der Waals surface area (Å²) >= 11 is 1.57. The molecular weight excluding hydrogens is 223 g/mol. The average molecular weight is 236 g/mol. The van der Waals surface area contributed by atoms with Gasteiger partial charge in [-0.3, -0.25) is 0 Å². The number of thiazole rings is 1. The van der Waals surface area contributed by atoms with Crippen molar-refractivity contribution in [2.75, 3.05) is 0 Å². The Bertz CT molecular complexity index is 507. The molecule has 1 aromatic carbocycles. The fourth-order valence-corrected chi connectivity index (χ4v) is 2.47. The molecule has 16 heavy (non-hydrogen) atoms. The summed E-state index contributed by atoms with van der Waals surface area (Å²) in [4.78, 5) is 5.18. The molecule has 2 nitrogen and oxygen atoms in total. The molecule has 1 atom stereocenters. The van der Waals surface area contributed by atoms with Gasteiger partial charge in [-0.1, -0.05) is 6.07 Å². The number of hydrogen-bond acceptors (Lipinski definition) is 3. The van der Waals surface area contributed by atoms with E-state index in [0.29, 0.717) is 0 Å². The predicted octanol–water partition coefficient (Wildman–Crippen LogP) is 2.95. The van der Waals surface area contributed by atoms with Crippen molar-refractivity contribution in [3.05, 3.63) is 51.2 Å². The molecule has 1 aromatic heterocycles. The maximum Gasteiger partial charge on any atom is 0.123 e. The Morgan fingerprint density at radius 2 is 2.12 bits per heavy atom. The average Bonchev–Trinajstić information content (AvgIpc) is 2.64. The van der Waals surface area contributed by atoms with Gasteiger partial charge in [0.1, 0.15) is 5.82 Å². The fraction of sp³-hybridized carbons (Fsp3) is 0.250. The number of halogens is 1. The normalized spacial score (nSPS) is 12.8. The number of benzene rings is 1. The minimum atomic E-state index is -0.228. The highest BCUT2D eigenvalue weighted by Crippen LogP contribution is 2.26. The summed E-state index contributed by atoms with van der Waals surface area (Å²) in [5.41, 5.74) is 7.95. The quantitative estimate of drug-likeness (QED) is 0.870. The topological polar surface area (TPSA) is 38.9 Å². The van der Waals surface area contributed by atoms with Crippen LogP contribution in [0.1, 0.15) is 27.1 Å². The summed E-state index contributed by atoms with van der Waals surface area (Å²) in [6, 6.07) is 4.47. The van der Waals surface area contributed by atoms with Crippen LogP contribution in [0, 0.1) is 19.7 Å². The van der Waals surface area contributed by atoms with E-state index in [0.717, 1.165) is 21.0 Å². The lowest BCUT2D eigenvalue weighted by atomic mass is 10.0. The van der Waals surface area contributed by atoms with Crippen LogP contribution in [0.25, 0.3) is 0 Å². The van der Waals surface area contributed by atoms with Gasteiger partial charge in [0.2, 0.25) is 0 Å². The van der Waals surface area contributed by atoms with Crippen molar-refractivity contribution in [3.63, 3.8) is 0 Å². The van der Waals surface area contributed by atoms with Crippen molar-refractivity contribution in [1.29, 1.82) is 0 Å². The standard InChI is InChI=1S/C12H13FN2S/c1-7-5-9(13)3-4-10(7)12(14)11-6-15-8(2)16-11/h3-6,12H,14H2,1-2H3. The largest absolute Gasteiger partial charge is 0.320 e. The molecule has 0 aliphatic rings. The molecule has 0 saturated carbocycles. The van der Waals surface area contributed by atoms with E-state index in [1.54, 1.807) is 23.6 Å². The number of aromatic nitrogens is 1. The molecule has 0 saturated heterocycles. The van der Waals surface area contributed by atoms with Crippen LogP contribution < -0.4 is 5.73 Å². The van der Waals surface area contributed by atoms with Crippen molar-refractivity contribution in [3.8, 4) is 0 Å². The van der Waals surface area contributed by atoms with Gasteiger partial charge >= 0.3 is 0 Å². The van der Waals surface area contributed by atoms with Crippen molar-refractivity contribution in [2.24, 2.45) is 5.73 Å². The lowest BCUT2D eigenvalue weighted by Gasteiger charge is -2.12. The molecule has 0 radical (unpaired) electrons. The maximum atomic E-state index is 13.0. The van der Waals surface area contributed by atoms with E-state index < -0.39 is 0 Å². The second kappa shape index (κ2) is 4.31. The lowest BCUT2D eigenvalue weighted by Crippen LogP contribution is -2.11. The van der Waals surface area contributed by atoms with Gasteiger partial charge in [-0.2, -0.15) is 0 Å². The van der Waals surface area contributed by atoms with Crippen molar-refractivity contribution in [2.45, 2.75) is 19.9 Å². The molecule has 0 bridgehead atoms. The summed E-state index contributed by atoms with van der Waals surface area (Å²) < 4.78 is 13.0. The molecule has 1 unspecified atom stereocenters.